The van der Waals surface area contributed by atoms with Crippen molar-refractivity contribution in [2.75, 3.05) is 6.54 Å². The van der Waals surface area contributed by atoms with Crippen LogP contribution in [0.4, 0.5) is 0 Å². The third kappa shape index (κ3) is 6.19. The van der Waals surface area contributed by atoms with Gasteiger partial charge in [0, 0.05) is 12.0 Å². The van der Waals surface area contributed by atoms with E-state index in [0.717, 1.165) is 13.0 Å². The molecule has 1 heteroatoms. The highest BCUT2D eigenvalue weighted by molar-refractivity contribution is 5.32. The lowest BCUT2D eigenvalue weighted by Gasteiger charge is -2.20. The van der Waals surface area contributed by atoms with Crippen LogP contribution in [0.15, 0.2) is 60.7 Å². The topological polar surface area (TPSA) is 12.0 Å². The molecule has 1 N–H and O–H groups in total. The van der Waals surface area contributed by atoms with Crippen molar-refractivity contribution >= 4 is 0 Å². The SMILES string of the molecule is CCCCCC(C)NCCC(c1ccccc1)c1ccccc1. The van der Waals surface area contributed by atoms with Crippen molar-refractivity contribution in [3.8, 4) is 0 Å². The normalized spacial score (nSPS) is 12.5. The van der Waals surface area contributed by atoms with E-state index in [1.165, 1.54) is 36.8 Å². The van der Waals surface area contributed by atoms with Crippen LogP contribution in [0.1, 0.15) is 63.0 Å². The summed E-state index contributed by atoms with van der Waals surface area (Å²) in [7, 11) is 0. The molecule has 0 heterocycles. The van der Waals surface area contributed by atoms with Gasteiger partial charge in [0.1, 0.15) is 0 Å². The minimum absolute atomic E-state index is 0.479. The second kappa shape index (κ2) is 10.2. The highest BCUT2D eigenvalue weighted by Gasteiger charge is 2.13. The van der Waals surface area contributed by atoms with Crippen LogP contribution in [-0.2, 0) is 0 Å². The van der Waals surface area contributed by atoms with Crippen molar-refractivity contribution in [3.63, 3.8) is 0 Å². The van der Waals surface area contributed by atoms with Gasteiger partial charge in [0.15, 0.2) is 0 Å². The van der Waals surface area contributed by atoms with E-state index >= 15 is 0 Å². The Morgan fingerprint density at radius 2 is 1.35 bits per heavy atom. The summed E-state index contributed by atoms with van der Waals surface area (Å²) >= 11 is 0. The zero-order valence-electron chi connectivity index (χ0n) is 14.7. The molecule has 0 aromatic heterocycles. The second-order valence-electron chi connectivity index (χ2n) is 6.51. The zero-order chi connectivity index (χ0) is 16.3. The smallest absolute Gasteiger partial charge is 0.0101 e. The molecule has 2 aromatic rings. The molecule has 0 fully saturated rings. The molecule has 23 heavy (non-hydrogen) atoms. The van der Waals surface area contributed by atoms with Crippen molar-refractivity contribution in [2.24, 2.45) is 0 Å². The number of nitrogens with one attached hydrogen (secondary N) is 1. The quantitative estimate of drug-likeness (QED) is 0.550. The Labute approximate surface area is 142 Å². The van der Waals surface area contributed by atoms with Gasteiger partial charge in [0.25, 0.3) is 0 Å². The van der Waals surface area contributed by atoms with Gasteiger partial charge in [-0.25, -0.2) is 0 Å². The Morgan fingerprint density at radius 1 is 0.783 bits per heavy atom. The van der Waals surface area contributed by atoms with E-state index in [2.05, 4.69) is 79.8 Å². The van der Waals surface area contributed by atoms with E-state index < -0.39 is 0 Å². The highest BCUT2D eigenvalue weighted by Crippen LogP contribution is 2.27. The minimum Gasteiger partial charge on any atom is -0.314 e. The fourth-order valence-corrected chi connectivity index (χ4v) is 3.17. The van der Waals surface area contributed by atoms with Crippen molar-refractivity contribution in [1.82, 2.24) is 5.32 Å². The first-order chi connectivity index (χ1) is 11.3. The van der Waals surface area contributed by atoms with Crippen LogP contribution in [0, 0.1) is 0 Å². The van der Waals surface area contributed by atoms with Gasteiger partial charge >= 0.3 is 0 Å². The van der Waals surface area contributed by atoms with Gasteiger partial charge in [-0.2, -0.15) is 0 Å². The monoisotopic (exact) mass is 309 g/mol. The zero-order valence-corrected chi connectivity index (χ0v) is 14.7. The van der Waals surface area contributed by atoms with E-state index in [9.17, 15) is 0 Å². The summed E-state index contributed by atoms with van der Waals surface area (Å²) < 4.78 is 0. The van der Waals surface area contributed by atoms with Crippen molar-refractivity contribution in [1.29, 1.82) is 0 Å². The fourth-order valence-electron chi connectivity index (χ4n) is 3.17. The van der Waals surface area contributed by atoms with Crippen molar-refractivity contribution in [2.45, 2.75) is 57.9 Å². The maximum Gasteiger partial charge on any atom is 0.0101 e. The first-order valence-corrected chi connectivity index (χ1v) is 9.14. The molecule has 0 saturated heterocycles. The molecule has 2 aromatic carbocycles. The second-order valence-corrected chi connectivity index (χ2v) is 6.51. The van der Waals surface area contributed by atoms with Gasteiger partial charge in [-0.3, -0.25) is 0 Å². The predicted octanol–water partition coefficient (Wildman–Crippen LogP) is 5.77. The minimum atomic E-state index is 0.479. The Kier molecular flexibility index (Phi) is 7.89. The number of hydrogen-bond donors (Lipinski definition) is 1. The van der Waals surface area contributed by atoms with Crippen LogP contribution >= 0.6 is 0 Å². The lowest BCUT2D eigenvalue weighted by atomic mass is 9.88. The van der Waals surface area contributed by atoms with E-state index in [4.69, 9.17) is 0 Å². The predicted molar refractivity (Wildman–Crippen MR) is 101 cm³/mol. The summed E-state index contributed by atoms with van der Waals surface area (Å²) in [5, 5.41) is 3.71. The van der Waals surface area contributed by atoms with Crippen LogP contribution in [0.5, 0.6) is 0 Å². The fraction of sp³-hybridized carbons (Fsp3) is 0.455. The van der Waals surface area contributed by atoms with Gasteiger partial charge < -0.3 is 5.32 Å². The summed E-state index contributed by atoms with van der Waals surface area (Å²) in [5.74, 6) is 0.479. The number of unbranched alkanes of at least 4 members (excludes halogenated alkanes) is 2. The molecule has 124 valence electrons. The summed E-state index contributed by atoms with van der Waals surface area (Å²) in [6.45, 7) is 5.65. The van der Waals surface area contributed by atoms with Crippen LogP contribution in [0.3, 0.4) is 0 Å². The first kappa shape index (κ1) is 17.7. The molecule has 1 atom stereocenters. The molecule has 0 aliphatic carbocycles. The Bertz CT molecular complexity index is 481. The Balaban J connectivity index is 1.92. The molecular formula is C22H31N. The van der Waals surface area contributed by atoms with Gasteiger partial charge in [-0.05, 0) is 37.4 Å². The van der Waals surface area contributed by atoms with Crippen molar-refractivity contribution < 1.29 is 0 Å². The largest absolute Gasteiger partial charge is 0.314 e. The third-order valence-electron chi connectivity index (χ3n) is 4.57. The van der Waals surface area contributed by atoms with Gasteiger partial charge in [-0.1, -0.05) is 86.8 Å². The Hall–Kier alpha value is -1.60. The van der Waals surface area contributed by atoms with Gasteiger partial charge in [-0.15, -0.1) is 0 Å². The number of benzene rings is 2. The third-order valence-corrected chi connectivity index (χ3v) is 4.57. The molecule has 0 aliphatic rings. The van der Waals surface area contributed by atoms with Gasteiger partial charge in [0.05, 0.1) is 0 Å². The summed E-state index contributed by atoms with van der Waals surface area (Å²) in [6, 6.07) is 22.4. The molecule has 0 spiro atoms. The highest BCUT2D eigenvalue weighted by atomic mass is 14.9. The molecule has 0 amide bonds. The summed E-state index contributed by atoms with van der Waals surface area (Å²) in [6.07, 6.45) is 6.42. The maximum atomic E-state index is 3.71. The lowest BCUT2D eigenvalue weighted by molar-refractivity contribution is 0.475. The van der Waals surface area contributed by atoms with Crippen LogP contribution in [-0.4, -0.2) is 12.6 Å². The van der Waals surface area contributed by atoms with E-state index in [-0.39, 0.29) is 0 Å². The van der Waals surface area contributed by atoms with Crippen LogP contribution < -0.4 is 5.32 Å². The summed E-state index contributed by atoms with van der Waals surface area (Å²) in [4.78, 5) is 0. The van der Waals surface area contributed by atoms with Gasteiger partial charge in [0.2, 0.25) is 0 Å². The standard InChI is InChI=1S/C22H31N/c1-3-4-7-12-19(2)23-18-17-22(20-13-8-5-9-14-20)21-15-10-6-11-16-21/h5-6,8-11,13-16,19,22-23H,3-4,7,12,17-18H2,1-2H3. The average Bonchev–Trinajstić information content (AvgIpc) is 2.60. The van der Waals surface area contributed by atoms with Crippen LogP contribution in [0.2, 0.25) is 0 Å². The molecule has 0 saturated carbocycles. The average molecular weight is 309 g/mol. The Morgan fingerprint density at radius 3 is 1.87 bits per heavy atom. The lowest BCUT2D eigenvalue weighted by Crippen LogP contribution is -2.28. The molecular weight excluding hydrogens is 278 g/mol. The summed E-state index contributed by atoms with van der Waals surface area (Å²) in [5.41, 5.74) is 2.83. The van der Waals surface area contributed by atoms with E-state index in [0.29, 0.717) is 12.0 Å². The molecule has 1 nitrogen and oxygen atoms in total. The molecule has 0 radical (unpaired) electrons. The first-order valence-electron chi connectivity index (χ1n) is 9.14. The van der Waals surface area contributed by atoms with E-state index in [1.54, 1.807) is 0 Å². The molecule has 0 bridgehead atoms. The van der Waals surface area contributed by atoms with Crippen molar-refractivity contribution in [3.05, 3.63) is 71.8 Å². The molecule has 1 unspecified atom stereocenters. The van der Waals surface area contributed by atoms with Crippen LogP contribution in [0.25, 0.3) is 0 Å². The van der Waals surface area contributed by atoms with E-state index in [1.807, 2.05) is 0 Å². The number of rotatable bonds is 10. The number of hydrogen-bond acceptors (Lipinski definition) is 1. The maximum absolute atomic E-state index is 3.71. The molecule has 0 aliphatic heterocycles. The molecule has 2 rings (SSSR count).